The van der Waals surface area contributed by atoms with Crippen LogP contribution >= 0.6 is 0 Å². The molecule has 0 aliphatic rings. The van der Waals surface area contributed by atoms with Crippen LogP contribution in [0, 0.1) is 0 Å². The van der Waals surface area contributed by atoms with Gasteiger partial charge < -0.3 is 15.0 Å². The normalized spacial score (nSPS) is 10.6. The lowest BCUT2D eigenvalue weighted by molar-refractivity contribution is -0.124. The molecule has 0 spiro atoms. The van der Waals surface area contributed by atoms with Crippen LogP contribution in [0.4, 0.5) is 0 Å². The van der Waals surface area contributed by atoms with Crippen LogP contribution in [0.25, 0.3) is 0 Å². The van der Waals surface area contributed by atoms with Crippen LogP contribution in [0.1, 0.15) is 60.8 Å². The van der Waals surface area contributed by atoms with E-state index in [9.17, 15) is 9.59 Å². The van der Waals surface area contributed by atoms with Crippen LogP contribution in [0.15, 0.2) is 0 Å². The summed E-state index contributed by atoms with van der Waals surface area (Å²) in [6.07, 6.45) is 1.64. The van der Waals surface area contributed by atoms with Crippen molar-refractivity contribution in [3.8, 4) is 0 Å². The van der Waals surface area contributed by atoms with E-state index >= 15 is 0 Å². The molecule has 0 aliphatic carbocycles. The summed E-state index contributed by atoms with van der Waals surface area (Å²) in [7, 11) is 3.99. The first kappa shape index (κ1) is 23.2. The minimum atomic E-state index is -0.0366. The quantitative estimate of drug-likeness (QED) is 0.776. The number of carbonyl (C=O) groups excluding carboxylic acids is 2. The number of carbonyl (C=O) groups is 2. The van der Waals surface area contributed by atoms with Gasteiger partial charge in [-0.25, -0.2) is 0 Å². The highest BCUT2D eigenvalue weighted by Crippen LogP contribution is 1.97. The van der Waals surface area contributed by atoms with Crippen LogP contribution in [0.5, 0.6) is 0 Å². The molecule has 0 heterocycles. The first-order chi connectivity index (χ1) is 8.97. The third kappa shape index (κ3) is 17.1. The second-order valence-corrected chi connectivity index (χ2v) is 4.03. The predicted molar refractivity (Wildman–Crippen MR) is 83.4 cm³/mol. The zero-order valence-corrected chi connectivity index (χ0v) is 14.2. The van der Waals surface area contributed by atoms with Gasteiger partial charge in [-0.15, -0.1) is 0 Å². The van der Waals surface area contributed by atoms with Crippen molar-refractivity contribution in [3.63, 3.8) is 0 Å². The minimum Gasteiger partial charge on any atom is -0.355 e. The van der Waals surface area contributed by atoms with Crippen LogP contribution < -0.4 is 5.32 Å². The lowest BCUT2D eigenvalue weighted by Crippen LogP contribution is -2.39. The smallest absolute Gasteiger partial charge is 0.220 e. The molecule has 0 fully saturated rings. The molecule has 1 unspecified atom stereocenters. The molecule has 0 aromatic rings. The fourth-order valence-electron chi connectivity index (χ4n) is 1.30. The molecule has 116 valence electrons. The van der Waals surface area contributed by atoms with Gasteiger partial charge in [0.15, 0.2) is 0 Å². The average Bonchev–Trinajstić information content (AvgIpc) is 2.41. The monoisotopic (exact) mass is 274 g/mol. The summed E-state index contributed by atoms with van der Waals surface area (Å²) in [5.74, 6) is 0.0234. The maximum Gasteiger partial charge on any atom is 0.220 e. The number of nitrogens with zero attached hydrogens (tertiary/aromatic N) is 1. The van der Waals surface area contributed by atoms with E-state index in [4.69, 9.17) is 0 Å². The Bertz CT molecular complexity index is 216. The van der Waals surface area contributed by atoms with Crippen LogP contribution in [-0.4, -0.2) is 43.3 Å². The number of rotatable bonds is 7. The van der Waals surface area contributed by atoms with Crippen LogP contribution in [-0.2, 0) is 9.59 Å². The van der Waals surface area contributed by atoms with Crippen LogP contribution in [0.3, 0.4) is 0 Å². The molecule has 1 N–H and O–H groups in total. The second-order valence-electron chi connectivity index (χ2n) is 4.03. The van der Waals surface area contributed by atoms with E-state index in [-0.39, 0.29) is 11.7 Å². The van der Waals surface area contributed by atoms with E-state index in [1.165, 1.54) is 6.92 Å². The Kier molecular flexibility index (Phi) is 20.9. The van der Waals surface area contributed by atoms with Gasteiger partial charge in [-0.05, 0) is 27.4 Å². The number of nitrogens with one attached hydrogen (secondary N) is 1. The van der Waals surface area contributed by atoms with Crippen LogP contribution in [0.2, 0.25) is 0 Å². The topological polar surface area (TPSA) is 49.4 Å². The van der Waals surface area contributed by atoms with Crippen molar-refractivity contribution in [2.45, 2.75) is 66.8 Å². The molecule has 1 atom stereocenters. The van der Waals surface area contributed by atoms with E-state index in [0.29, 0.717) is 25.4 Å². The average molecular weight is 274 g/mol. The fraction of sp³-hybridized carbons (Fsp3) is 0.867. The summed E-state index contributed by atoms with van der Waals surface area (Å²) >= 11 is 0. The molecule has 0 bridgehead atoms. The number of Topliss-reactive ketones (excluding diaryl/α,β-unsaturated/α-hetero) is 1. The second kappa shape index (κ2) is 17.1. The molecule has 19 heavy (non-hydrogen) atoms. The first-order valence-corrected chi connectivity index (χ1v) is 7.40. The Morgan fingerprint density at radius 2 is 1.53 bits per heavy atom. The molecule has 0 radical (unpaired) electrons. The van der Waals surface area contributed by atoms with Crippen molar-refractivity contribution in [2.75, 3.05) is 20.6 Å². The number of ketones is 1. The number of hydrogen-bond acceptors (Lipinski definition) is 3. The van der Waals surface area contributed by atoms with Crippen molar-refractivity contribution in [2.24, 2.45) is 0 Å². The Morgan fingerprint density at radius 1 is 1.05 bits per heavy atom. The van der Waals surface area contributed by atoms with Crippen molar-refractivity contribution in [1.29, 1.82) is 0 Å². The Morgan fingerprint density at radius 3 is 1.84 bits per heavy atom. The van der Waals surface area contributed by atoms with E-state index in [0.717, 1.165) is 6.42 Å². The lowest BCUT2D eigenvalue weighted by Gasteiger charge is -2.22. The summed E-state index contributed by atoms with van der Waals surface area (Å²) < 4.78 is 0. The highest BCUT2D eigenvalue weighted by Gasteiger charge is 2.10. The Balaban J connectivity index is -0.000000579. The molecule has 0 aromatic carbocycles. The zero-order valence-electron chi connectivity index (χ0n) is 14.2. The summed E-state index contributed by atoms with van der Waals surface area (Å²) in [5.41, 5.74) is 0. The van der Waals surface area contributed by atoms with Gasteiger partial charge in [-0.3, -0.25) is 4.79 Å². The van der Waals surface area contributed by atoms with Gasteiger partial charge in [0.05, 0.1) is 0 Å². The molecule has 0 aromatic heterocycles. The van der Waals surface area contributed by atoms with E-state index in [1.54, 1.807) is 0 Å². The van der Waals surface area contributed by atoms with Gasteiger partial charge in [0, 0.05) is 25.4 Å². The molecule has 4 nitrogen and oxygen atoms in total. The van der Waals surface area contributed by atoms with E-state index in [1.807, 2.05) is 41.8 Å². The summed E-state index contributed by atoms with van der Waals surface area (Å²) in [4.78, 5) is 24.1. The number of hydrogen-bond donors (Lipinski definition) is 1. The third-order valence-electron chi connectivity index (χ3n) is 2.44. The van der Waals surface area contributed by atoms with Crippen molar-refractivity contribution < 1.29 is 9.59 Å². The molecular weight excluding hydrogens is 240 g/mol. The van der Waals surface area contributed by atoms with Gasteiger partial charge in [0.2, 0.25) is 5.91 Å². The molecular formula is C15H34N2O2. The van der Waals surface area contributed by atoms with E-state index < -0.39 is 0 Å². The fourth-order valence-corrected chi connectivity index (χ4v) is 1.30. The minimum absolute atomic E-state index is 0.0366. The maximum atomic E-state index is 11.3. The standard InChI is InChI=1S/C11H22N2O2.2C2H6/c1-5-10(13(3)4)8-12-11(15)7-6-9(2)14;2*1-2/h10H,5-8H2,1-4H3,(H,12,15);2*1-2H3. The molecule has 1 amide bonds. The highest BCUT2D eigenvalue weighted by atomic mass is 16.2. The SMILES string of the molecule is CC.CC.CCC(CNC(=O)CCC(C)=O)N(C)C. The third-order valence-corrected chi connectivity index (χ3v) is 2.44. The van der Waals surface area contributed by atoms with Gasteiger partial charge in [-0.1, -0.05) is 34.6 Å². The predicted octanol–water partition coefficient (Wildman–Crippen LogP) is 2.86. The maximum absolute atomic E-state index is 11.3. The Labute approximate surface area is 119 Å². The first-order valence-electron chi connectivity index (χ1n) is 7.40. The molecule has 0 saturated heterocycles. The largest absolute Gasteiger partial charge is 0.355 e. The van der Waals surface area contributed by atoms with Crippen molar-refractivity contribution in [3.05, 3.63) is 0 Å². The van der Waals surface area contributed by atoms with Gasteiger partial charge in [-0.2, -0.15) is 0 Å². The van der Waals surface area contributed by atoms with Gasteiger partial charge >= 0.3 is 0 Å². The van der Waals surface area contributed by atoms with E-state index in [2.05, 4.69) is 17.1 Å². The zero-order chi connectivity index (χ0) is 15.8. The van der Waals surface area contributed by atoms with Gasteiger partial charge in [0.1, 0.15) is 5.78 Å². The summed E-state index contributed by atoms with van der Waals surface area (Å²) in [6, 6.07) is 0.367. The molecule has 0 aliphatic heterocycles. The Hall–Kier alpha value is -0.900. The summed E-state index contributed by atoms with van der Waals surface area (Å²) in [5, 5.41) is 2.84. The number of amides is 1. The summed E-state index contributed by atoms with van der Waals surface area (Å²) in [6.45, 7) is 12.2. The number of likely N-dealkylation sites (N-methyl/N-ethyl adjacent to an activating group) is 1. The van der Waals surface area contributed by atoms with Crippen molar-refractivity contribution in [1.82, 2.24) is 10.2 Å². The highest BCUT2D eigenvalue weighted by molar-refractivity contribution is 5.83. The van der Waals surface area contributed by atoms with Crippen molar-refractivity contribution >= 4 is 11.7 Å². The molecule has 4 heteroatoms. The molecule has 0 rings (SSSR count). The van der Waals surface area contributed by atoms with Gasteiger partial charge in [0.25, 0.3) is 0 Å². The lowest BCUT2D eigenvalue weighted by atomic mass is 10.2. The molecule has 0 saturated carbocycles.